The molecule has 0 spiro atoms. The Hall–Kier alpha value is -0.440. The first-order chi connectivity index (χ1) is 9.02. The Balaban J connectivity index is 2.13. The first kappa shape index (κ1) is 13.5. The zero-order chi connectivity index (χ0) is 13.6. The molecule has 3 rings (SSSR count). The summed E-state index contributed by atoms with van der Waals surface area (Å²) >= 11 is 18.1. The SMILES string of the molecule is CC1(Cn2c(CCCl)nc3cc(Cl)c(Cl)cc32)CC1. The summed E-state index contributed by atoms with van der Waals surface area (Å²) in [6.07, 6.45) is 3.31. The monoisotopic (exact) mass is 316 g/mol. The van der Waals surface area contributed by atoms with Crippen LogP contribution in [0.15, 0.2) is 12.1 Å². The van der Waals surface area contributed by atoms with E-state index in [0.29, 0.717) is 21.3 Å². The molecule has 1 heterocycles. The predicted molar refractivity (Wildman–Crippen MR) is 81.5 cm³/mol. The molecule has 2 nitrogen and oxygen atoms in total. The summed E-state index contributed by atoms with van der Waals surface area (Å²) in [5.74, 6) is 1.60. The zero-order valence-corrected chi connectivity index (χ0v) is 13.0. The molecule has 1 aromatic carbocycles. The second-order valence-corrected chi connectivity index (χ2v) is 6.81. The van der Waals surface area contributed by atoms with E-state index in [0.717, 1.165) is 29.8 Å². The fourth-order valence-corrected chi connectivity index (χ4v) is 2.86. The van der Waals surface area contributed by atoms with E-state index in [1.807, 2.05) is 12.1 Å². The largest absolute Gasteiger partial charge is 0.327 e. The molecular weight excluding hydrogens is 303 g/mol. The van der Waals surface area contributed by atoms with Crippen molar-refractivity contribution in [3.05, 3.63) is 28.0 Å². The fourth-order valence-electron chi connectivity index (χ4n) is 2.38. The molecule has 0 atom stereocenters. The number of aromatic nitrogens is 2. The quantitative estimate of drug-likeness (QED) is 0.731. The highest BCUT2D eigenvalue weighted by Gasteiger charge is 2.38. The smallest absolute Gasteiger partial charge is 0.111 e. The number of fused-ring (bicyclic) bond motifs is 1. The third-order valence-corrected chi connectivity index (χ3v) is 4.74. The molecule has 0 N–H and O–H groups in total. The Morgan fingerprint density at radius 2 is 1.95 bits per heavy atom. The maximum Gasteiger partial charge on any atom is 0.111 e. The topological polar surface area (TPSA) is 17.8 Å². The van der Waals surface area contributed by atoms with Crippen molar-refractivity contribution in [1.82, 2.24) is 9.55 Å². The minimum Gasteiger partial charge on any atom is -0.327 e. The van der Waals surface area contributed by atoms with Gasteiger partial charge in [0, 0.05) is 18.8 Å². The molecule has 1 aliphatic carbocycles. The van der Waals surface area contributed by atoms with Crippen LogP contribution in [0.25, 0.3) is 11.0 Å². The fraction of sp³-hybridized carbons (Fsp3) is 0.500. The summed E-state index contributed by atoms with van der Waals surface area (Å²) in [6, 6.07) is 3.75. The van der Waals surface area contributed by atoms with E-state index in [1.54, 1.807) is 0 Å². The van der Waals surface area contributed by atoms with Crippen LogP contribution in [0, 0.1) is 5.41 Å². The molecule has 0 unspecified atom stereocenters. The average molecular weight is 318 g/mol. The molecule has 0 radical (unpaired) electrons. The molecular formula is C14H15Cl3N2. The van der Waals surface area contributed by atoms with E-state index >= 15 is 0 Å². The van der Waals surface area contributed by atoms with Gasteiger partial charge in [0.15, 0.2) is 0 Å². The number of aryl methyl sites for hydroxylation is 1. The van der Waals surface area contributed by atoms with Crippen LogP contribution in [-0.4, -0.2) is 15.4 Å². The van der Waals surface area contributed by atoms with Gasteiger partial charge < -0.3 is 4.57 Å². The van der Waals surface area contributed by atoms with Crippen molar-refractivity contribution < 1.29 is 0 Å². The van der Waals surface area contributed by atoms with Crippen LogP contribution in [0.4, 0.5) is 0 Å². The van der Waals surface area contributed by atoms with E-state index in [1.165, 1.54) is 12.8 Å². The number of benzene rings is 1. The van der Waals surface area contributed by atoms with Crippen LogP contribution in [0.1, 0.15) is 25.6 Å². The maximum atomic E-state index is 6.13. The van der Waals surface area contributed by atoms with Gasteiger partial charge in [-0.25, -0.2) is 4.98 Å². The highest BCUT2D eigenvalue weighted by Crippen LogP contribution is 2.47. The van der Waals surface area contributed by atoms with Gasteiger partial charge in [0.1, 0.15) is 5.82 Å². The molecule has 1 fully saturated rings. The number of imidazole rings is 1. The van der Waals surface area contributed by atoms with Crippen LogP contribution in [-0.2, 0) is 13.0 Å². The zero-order valence-electron chi connectivity index (χ0n) is 10.7. The van der Waals surface area contributed by atoms with Gasteiger partial charge in [-0.3, -0.25) is 0 Å². The predicted octanol–water partition coefficient (Wildman–Crippen LogP) is 4.92. The lowest BCUT2D eigenvalue weighted by Gasteiger charge is -2.13. The number of alkyl halides is 1. The van der Waals surface area contributed by atoms with E-state index in [4.69, 9.17) is 34.8 Å². The first-order valence-electron chi connectivity index (χ1n) is 6.42. The van der Waals surface area contributed by atoms with Gasteiger partial charge in [-0.1, -0.05) is 30.1 Å². The second kappa shape index (κ2) is 4.83. The number of hydrogen-bond donors (Lipinski definition) is 0. The van der Waals surface area contributed by atoms with Crippen molar-refractivity contribution in [2.75, 3.05) is 5.88 Å². The van der Waals surface area contributed by atoms with Crippen LogP contribution < -0.4 is 0 Å². The molecule has 0 bridgehead atoms. The van der Waals surface area contributed by atoms with Crippen molar-refractivity contribution >= 4 is 45.8 Å². The highest BCUT2D eigenvalue weighted by molar-refractivity contribution is 6.42. The standard InChI is InChI=1S/C14H15Cl3N2/c1-14(3-4-14)8-19-12-7-10(17)9(16)6-11(12)18-13(19)2-5-15/h6-7H,2-5,8H2,1H3. The molecule has 5 heteroatoms. The van der Waals surface area contributed by atoms with Crippen molar-refractivity contribution in [3.8, 4) is 0 Å². The number of hydrogen-bond acceptors (Lipinski definition) is 1. The molecule has 1 saturated carbocycles. The second-order valence-electron chi connectivity index (χ2n) is 5.62. The molecule has 0 aliphatic heterocycles. The molecule has 0 amide bonds. The Kier molecular flexibility index (Phi) is 3.45. The molecule has 102 valence electrons. The van der Waals surface area contributed by atoms with Crippen molar-refractivity contribution in [2.24, 2.45) is 5.41 Å². The van der Waals surface area contributed by atoms with E-state index in [-0.39, 0.29) is 0 Å². The first-order valence-corrected chi connectivity index (χ1v) is 7.72. The lowest BCUT2D eigenvalue weighted by molar-refractivity contribution is 0.462. The van der Waals surface area contributed by atoms with Crippen LogP contribution in [0.5, 0.6) is 0 Å². The summed E-state index contributed by atoms with van der Waals surface area (Å²) in [6.45, 7) is 3.29. The Bertz CT molecular complexity index is 629. The normalized spacial score (nSPS) is 17.1. The molecule has 1 aromatic heterocycles. The van der Waals surface area contributed by atoms with Gasteiger partial charge in [-0.05, 0) is 30.4 Å². The Morgan fingerprint density at radius 1 is 1.26 bits per heavy atom. The molecule has 1 aliphatic rings. The van der Waals surface area contributed by atoms with Gasteiger partial charge >= 0.3 is 0 Å². The van der Waals surface area contributed by atoms with Gasteiger partial charge in [-0.15, -0.1) is 11.6 Å². The highest BCUT2D eigenvalue weighted by atomic mass is 35.5. The van der Waals surface area contributed by atoms with Gasteiger partial charge in [-0.2, -0.15) is 0 Å². The minimum atomic E-state index is 0.404. The molecule has 2 aromatic rings. The van der Waals surface area contributed by atoms with Gasteiger partial charge in [0.25, 0.3) is 0 Å². The lowest BCUT2D eigenvalue weighted by Crippen LogP contribution is -2.11. The van der Waals surface area contributed by atoms with Crippen molar-refractivity contribution in [2.45, 2.75) is 32.7 Å². The van der Waals surface area contributed by atoms with Crippen molar-refractivity contribution in [3.63, 3.8) is 0 Å². The van der Waals surface area contributed by atoms with Crippen molar-refractivity contribution in [1.29, 1.82) is 0 Å². The lowest BCUT2D eigenvalue weighted by atomic mass is 10.1. The van der Waals surface area contributed by atoms with Gasteiger partial charge in [0.2, 0.25) is 0 Å². The number of rotatable bonds is 4. The minimum absolute atomic E-state index is 0.404. The third-order valence-electron chi connectivity index (χ3n) is 3.83. The van der Waals surface area contributed by atoms with Crippen LogP contribution in [0.2, 0.25) is 10.0 Å². The number of halogens is 3. The molecule has 19 heavy (non-hydrogen) atoms. The Labute approximate surface area is 127 Å². The number of nitrogens with zero attached hydrogens (tertiary/aromatic N) is 2. The van der Waals surface area contributed by atoms with Crippen LogP contribution in [0.3, 0.4) is 0 Å². The van der Waals surface area contributed by atoms with E-state index < -0.39 is 0 Å². The third kappa shape index (κ3) is 2.58. The van der Waals surface area contributed by atoms with Gasteiger partial charge in [0.05, 0.1) is 21.1 Å². The maximum absolute atomic E-state index is 6.13. The summed E-state index contributed by atoms with van der Waals surface area (Å²) in [4.78, 5) is 4.65. The summed E-state index contributed by atoms with van der Waals surface area (Å²) in [5.41, 5.74) is 2.36. The summed E-state index contributed by atoms with van der Waals surface area (Å²) in [5, 5.41) is 1.13. The summed E-state index contributed by atoms with van der Waals surface area (Å²) in [7, 11) is 0. The van der Waals surface area contributed by atoms with Crippen LogP contribution >= 0.6 is 34.8 Å². The molecule has 0 saturated heterocycles. The van der Waals surface area contributed by atoms with E-state index in [9.17, 15) is 0 Å². The average Bonchev–Trinajstić information content (AvgIpc) is 3.00. The van der Waals surface area contributed by atoms with E-state index in [2.05, 4.69) is 16.5 Å². The Morgan fingerprint density at radius 3 is 2.58 bits per heavy atom. The summed E-state index contributed by atoms with van der Waals surface area (Å²) < 4.78 is 2.26.